The van der Waals surface area contributed by atoms with E-state index >= 15 is 0 Å². The van der Waals surface area contributed by atoms with Gasteiger partial charge in [-0.1, -0.05) is 11.3 Å². The van der Waals surface area contributed by atoms with Crippen LogP contribution in [-0.2, 0) is 0 Å². The van der Waals surface area contributed by atoms with Gasteiger partial charge in [-0.15, -0.1) is 46.3 Å². The molecule has 3 N–H and O–H groups in total. The van der Waals surface area contributed by atoms with E-state index in [1.165, 1.54) is 16.2 Å². The Labute approximate surface area is 136 Å². The summed E-state index contributed by atoms with van der Waals surface area (Å²) in [5.41, 5.74) is 6.47. The van der Waals surface area contributed by atoms with Crippen molar-refractivity contribution < 1.29 is 4.79 Å². The minimum Gasteiger partial charge on any atom is -0.327 e. The number of halogens is 2. The van der Waals surface area contributed by atoms with Crippen LogP contribution in [-0.4, -0.2) is 22.1 Å². The molecule has 20 heavy (non-hydrogen) atoms. The second kappa shape index (κ2) is 6.82. The average Bonchev–Trinajstić information content (AvgIpc) is 2.79. The lowest BCUT2D eigenvalue weighted by Gasteiger charge is -1.96. The van der Waals surface area contributed by atoms with Crippen molar-refractivity contribution >= 4 is 58.5 Å². The van der Waals surface area contributed by atoms with E-state index in [1.807, 2.05) is 18.4 Å². The van der Waals surface area contributed by atoms with Crippen LogP contribution in [0.15, 0.2) is 11.4 Å². The molecular weight excluding hydrogens is 339 g/mol. The summed E-state index contributed by atoms with van der Waals surface area (Å²) in [6.07, 6.45) is 1.02. The average molecular weight is 353 g/mol. The lowest BCUT2D eigenvalue weighted by molar-refractivity contribution is 0.102. The SMILES string of the molecule is Cc1nnc(NC(=O)c2csc(C3CC3N)c2)s1.Cl.Cl. The van der Waals surface area contributed by atoms with E-state index in [2.05, 4.69) is 15.5 Å². The van der Waals surface area contributed by atoms with Gasteiger partial charge in [0, 0.05) is 22.2 Å². The van der Waals surface area contributed by atoms with Crippen molar-refractivity contribution in [1.29, 1.82) is 0 Å². The van der Waals surface area contributed by atoms with E-state index in [0.717, 1.165) is 11.4 Å². The number of rotatable bonds is 3. The van der Waals surface area contributed by atoms with E-state index in [9.17, 15) is 4.79 Å². The highest BCUT2D eigenvalue weighted by Crippen LogP contribution is 2.42. The molecule has 1 aliphatic rings. The number of nitrogens with zero attached hydrogens (tertiary/aromatic N) is 2. The molecule has 2 heterocycles. The fourth-order valence-electron chi connectivity index (χ4n) is 1.72. The number of carbonyl (C=O) groups is 1. The van der Waals surface area contributed by atoms with E-state index < -0.39 is 0 Å². The molecule has 1 fully saturated rings. The predicted octanol–water partition coefficient (Wildman–Crippen LogP) is 2.82. The van der Waals surface area contributed by atoms with Crippen LogP contribution < -0.4 is 11.1 Å². The summed E-state index contributed by atoms with van der Waals surface area (Å²) in [5.74, 6) is 0.309. The fraction of sp³-hybridized carbons (Fsp3) is 0.364. The number of aryl methyl sites for hydroxylation is 1. The summed E-state index contributed by atoms with van der Waals surface area (Å²) in [7, 11) is 0. The summed E-state index contributed by atoms with van der Waals surface area (Å²) in [6.45, 7) is 1.85. The highest BCUT2D eigenvalue weighted by molar-refractivity contribution is 7.15. The van der Waals surface area contributed by atoms with Crippen LogP contribution in [0.1, 0.15) is 32.6 Å². The van der Waals surface area contributed by atoms with Gasteiger partial charge in [-0.2, -0.15) is 0 Å². The van der Waals surface area contributed by atoms with Gasteiger partial charge in [0.15, 0.2) is 0 Å². The molecule has 2 aromatic rings. The number of aromatic nitrogens is 2. The number of amides is 1. The molecule has 2 unspecified atom stereocenters. The number of anilines is 1. The summed E-state index contributed by atoms with van der Waals surface area (Å²) in [6, 6.07) is 2.19. The summed E-state index contributed by atoms with van der Waals surface area (Å²) in [4.78, 5) is 13.2. The topological polar surface area (TPSA) is 80.9 Å². The Morgan fingerprint density at radius 1 is 1.45 bits per heavy atom. The summed E-state index contributed by atoms with van der Waals surface area (Å²) < 4.78 is 0. The highest BCUT2D eigenvalue weighted by Gasteiger charge is 2.36. The Kier molecular flexibility index (Phi) is 5.91. The van der Waals surface area contributed by atoms with Gasteiger partial charge in [0.25, 0.3) is 5.91 Å². The largest absolute Gasteiger partial charge is 0.327 e. The molecule has 0 spiro atoms. The third kappa shape index (κ3) is 3.67. The van der Waals surface area contributed by atoms with Crippen LogP contribution in [0.2, 0.25) is 0 Å². The quantitative estimate of drug-likeness (QED) is 0.889. The number of carbonyl (C=O) groups excluding carboxylic acids is 1. The molecule has 2 aromatic heterocycles. The first-order valence-electron chi connectivity index (χ1n) is 5.59. The Morgan fingerprint density at radius 3 is 2.70 bits per heavy atom. The Bertz CT molecular complexity index is 601. The second-order valence-electron chi connectivity index (χ2n) is 4.32. The van der Waals surface area contributed by atoms with Crippen molar-refractivity contribution in [3.63, 3.8) is 0 Å². The van der Waals surface area contributed by atoms with Gasteiger partial charge in [0.2, 0.25) is 5.13 Å². The molecule has 1 saturated carbocycles. The molecule has 1 aliphatic carbocycles. The smallest absolute Gasteiger partial charge is 0.258 e. The first-order chi connectivity index (χ1) is 8.63. The third-order valence-electron chi connectivity index (χ3n) is 2.83. The second-order valence-corrected chi connectivity index (χ2v) is 6.45. The maximum atomic E-state index is 12.0. The van der Waals surface area contributed by atoms with Crippen LogP contribution in [0.3, 0.4) is 0 Å². The van der Waals surface area contributed by atoms with Gasteiger partial charge in [-0.05, 0) is 19.4 Å². The molecule has 2 atom stereocenters. The van der Waals surface area contributed by atoms with Gasteiger partial charge in [-0.25, -0.2) is 0 Å². The first kappa shape index (κ1) is 17.3. The normalized spacial score (nSPS) is 19.7. The van der Waals surface area contributed by atoms with Crippen molar-refractivity contribution in [3.05, 3.63) is 26.9 Å². The molecular formula is C11H14Cl2N4OS2. The monoisotopic (exact) mass is 352 g/mol. The summed E-state index contributed by atoms with van der Waals surface area (Å²) >= 11 is 2.96. The Morgan fingerprint density at radius 2 is 2.15 bits per heavy atom. The number of nitrogens with two attached hydrogens (primary N) is 1. The molecule has 3 rings (SSSR count). The highest BCUT2D eigenvalue weighted by atomic mass is 35.5. The molecule has 0 aliphatic heterocycles. The van der Waals surface area contributed by atoms with Gasteiger partial charge in [-0.3, -0.25) is 10.1 Å². The van der Waals surface area contributed by atoms with Crippen LogP contribution in [0.5, 0.6) is 0 Å². The van der Waals surface area contributed by atoms with Crippen molar-refractivity contribution in [2.24, 2.45) is 5.73 Å². The van der Waals surface area contributed by atoms with Gasteiger partial charge >= 0.3 is 0 Å². The first-order valence-corrected chi connectivity index (χ1v) is 7.28. The maximum absolute atomic E-state index is 12.0. The van der Waals surface area contributed by atoms with Crippen LogP contribution >= 0.6 is 47.5 Å². The fourth-order valence-corrected chi connectivity index (χ4v) is 3.39. The number of thiophene rings is 1. The molecule has 9 heteroatoms. The van der Waals surface area contributed by atoms with Crippen LogP contribution in [0.25, 0.3) is 0 Å². The van der Waals surface area contributed by atoms with Crippen LogP contribution in [0.4, 0.5) is 5.13 Å². The van der Waals surface area contributed by atoms with E-state index in [-0.39, 0.29) is 36.8 Å². The summed E-state index contributed by atoms with van der Waals surface area (Å²) in [5, 5.41) is 13.7. The van der Waals surface area contributed by atoms with Crippen molar-refractivity contribution in [3.8, 4) is 0 Å². The number of hydrogen-bond acceptors (Lipinski definition) is 6. The molecule has 0 radical (unpaired) electrons. The molecule has 110 valence electrons. The standard InChI is InChI=1S/C11H12N4OS2.2ClH/c1-5-14-15-11(18-5)13-10(16)6-2-9(17-4-6)7-3-8(7)12;;/h2,4,7-8H,3,12H2,1H3,(H,13,15,16);2*1H. The maximum Gasteiger partial charge on any atom is 0.258 e. The van der Waals surface area contributed by atoms with Crippen molar-refractivity contribution in [2.45, 2.75) is 25.3 Å². The lowest BCUT2D eigenvalue weighted by Crippen LogP contribution is -2.10. The van der Waals surface area contributed by atoms with E-state index in [1.54, 1.807) is 11.3 Å². The minimum atomic E-state index is -0.136. The zero-order valence-corrected chi connectivity index (χ0v) is 13.8. The predicted molar refractivity (Wildman–Crippen MR) is 86.7 cm³/mol. The Balaban J connectivity index is 0.000001000. The lowest BCUT2D eigenvalue weighted by atomic mass is 10.2. The molecule has 1 amide bonds. The third-order valence-corrected chi connectivity index (χ3v) is 4.65. The Hall–Kier alpha value is -0.730. The van der Waals surface area contributed by atoms with Gasteiger partial charge < -0.3 is 5.73 Å². The number of hydrogen-bond donors (Lipinski definition) is 2. The molecule has 5 nitrogen and oxygen atoms in total. The number of nitrogens with one attached hydrogen (secondary N) is 1. The zero-order chi connectivity index (χ0) is 12.7. The van der Waals surface area contributed by atoms with Gasteiger partial charge in [0.05, 0.1) is 5.56 Å². The van der Waals surface area contributed by atoms with E-state index in [4.69, 9.17) is 5.73 Å². The van der Waals surface area contributed by atoms with Crippen molar-refractivity contribution in [1.82, 2.24) is 10.2 Å². The minimum absolute atomic E-state index is 0. The molecule has 0 bridgehead atoms. The van der Waals surface area contributed by atoms with E-state index in [0.29, 0.717) is 16.6 Å². The molecule has 0 saturated heterocycles. The molecule has 0 aromatic carbocycles. The zero-order valence-electron chi connectivity index (χ0n) is 10.5. The van der Waals surface area contributed by atoms with Crippen molar-refractivity contribution in [2.75, 3.05) is 5.32 Å². The van der Waals surface area contributed by atoms with Gasteiger partial charge in [0.1, 0.15) is 5.01 Å². The van der Waals surface area contributed by atoms with Crippen LogP contribution in [0, 0.1) is 6.92 Å².